The number of piperazine rings is 1. The van der Waals surface area contributed by atoms with Crippen molar-refractivity contribution in [1.82, 2.24) is 29.2 Å². The van der Waals surface area contributed by atoms with Crippen LogP contribution in [0, 0.1) is 0 Å². The lowest BCUT2D eigenvalue weighted by Gasteiger charge is -2.34. The van der Waals surface area contributed by atoms with E-state index in [4.69, 9.17) is 0 Å². The zero-order chi connectivity index (χ0) is 16.9. The molecule has 2 aromatic heterocycles. The number of aromatic nitrogens is 5. The molecule has 0 N–H and O–H groups in total. The van der Waals surface area contributed by atoms with Gasteiger partial charge in [-0.3, -0.25) is 14.3 Å². The highest BCUT2D eigenvalue weighted by atomic mass is 16.2. The van der Waals surface area contributed by atoms with Crippen LogP contribution in [0.15, 0.2) is 34.2 Å². The lowest BCUT2D eigenvalue weighted by molar-refractivity contribution is 0.246. The first-order valence-corrected chi connectivity index (χ1v) is 8.02. The molecule has 9 heteroatoms. The fourth-order valence-corrected chi connectivity index (χ4v) is 2.75. The Kier molecular flexibility index (Phi) is 4.99. The number of hydrogen-bond acceptors (Lipinski definition) is 7. The van der Waals surface area contributed by atoms with Crippen molar-refractivity contribution in [2.75, 3.05) is 37.6 Å². The molecule has 3 heterocycles. The predicted molar refractivity (Wildman–Crippen MR) is 89.0 cm³/mol. The Morgan fingerprint density at radius 2 is 1.75 bits per heavy atom. The van der Waals surface area contributed by atoms with Gasteiger partial charge in [-0.15, -0.1) is 0 Å². The van der Waals surface area contributed by atoms with E-state index < -0.39 is 0 Å². The molecule has 1 aliphatic rings. The maximum atomic E-state index is 11.9. The zero-order valence-electron chi connectivity index (χ0n) is 13.7. The third-order valence-corrected chi connectivity index (χ3v) is 4.20. The number of aryl methyl sites for hydroxylation is 1. The quantitative estimate of drug-likeness (QED) is 0.690. The second-order valence-corrected chi connectivity index (χ2v) is 5.78. The van der Waals surface area contributed by atoms with Crippen molar-refractivity contribution in [1.29, 1.82) is 0 Å². The largest absolute Gasteiger partial charge is 0.347 e. The van der Waals surface area contributed by atoms with Crippen molar-refractivity contribution in [3.05, 3.63) is 45.5 Å². The molecule has 2 aromatic rings. The molecule has 0 aromatic carbocycles. The Bertz CT molecular complexity index is 778. The van der Waals surface area contributed by atoms with Crippen LogP contribution in [0.25, 0.3) is 0 Å². The molecule has 1 aliphatic heterocycles. The summed E-state index contributed by atoms with van der Waals surface area (Å²) in [7, 11) is 1.47. The van der Waals surface area contributed by atoms with Crippen molar-refractivity contribution in [3.63, 3.8) is 0 Å². The molecule has 0 amide bonds. The summed E-state index contributed by atoms with van der Waals surface area (Å²) in [5.41, 5.74) is -0.746. The minimum Gasteiger partial charge on any atom is -0.338 e. The first-order valence-electron chi connectivity index (χ1n) is 8.02. The molecule has 128 valence electrons. The van der Waals surface area contributed by atoms with Crippen LogP contribution in [0.3, 0.4) is 0 Å². The van der Waals surface area contributed by atoms with E-state index >= 15 is 0 Å². The first-order chi connectivity index (χ1) is 11.6. The van der Waals surface area contributed by atoms with E-state index in [1.807, 2.05) is 6.07 Å². The Morgan fingerprint density at radius 1 is 1.04 bits per heavy atom. The van der Waals surface area contributed by atoms with Gasteiger partial charge in [0.1, 0.15) is 6.20 Å². The number of hydrogen-bond donors (Lipinski definition) is 0. The highest BCUT2D eigenvalue weighted by Crippen LogP contribution is 2.09. The van der Waals surface area contributed by atoms with Gasteiger partial charge in [-0.05, 0) is 12.5 Å². The average molecular weight is 331 g/mol. The maximum absolute atomic E-state index is 11.9. The van der Waals surface area contributed by atoms with Gasteiger partial charge in [0, 0.05) is 58.7 Å². The molecule has 1 saturated heterocycles. The third kappa shape index (κ3) is 3.67. The van der Waals surface area contributed by atoms with Crippen LogP contribution in [-0.4, -0.2) is 61.9 Å². The smallest absolute Gasteiger partial charge is 0.338 e. The van der Waals surface area contributed by atoms with Crippen LogP contribution in [0.4, 0.5) is 5.95 Å². The highest BCUT2D eigenvalue weighted by Gasteiger charge is 2.18. The summed E-state index contributed by atoms with van der Waals surface area (Å²) in [5.74, 6) is 0.776. The van der Waals surface area contributed by atoms with Gasteiger partial charge >= 0.3 is 5.69 Å². The Morgan fingerprint density at radius 3 is 2.46 bits per heavy atom. The van der Waals surface area contributed by atoms with Crippen molar-refractivity contribution in [2.24, 2.45) is 7.05 Å². The van der Waals surface area contributed by atoms with Crippen LogP contribution < -0.4 is 16.1 Å². The van der Waals surface area contributed by atoms with E-state index in [1.54, 1.807) is 12.4 Å². The number of anilines is 1. The minimum absolute atomic E-state index is 0.367. The van der Waals surface area contributed by atoms with Crippen molar-refractivity contribution < 1.29 is 0 Å². The van der Waals surface area contributed by atoms with Gasteiger partial charge in [-0.25, -0.2) is 19.4 Å². The second kappa shape index (κ2) is 7.35. The van der Waals surface area contributed by atoms with E-state index in [9.17, 15) is 9.59 Å². The topological polar surface area (TPSA) is 89.2 Å². The minimum atomic E-state index is -0.379. The third-order valence-electron chi connectivity index (χ3n) is 4.20. The summed E-state index contributed by atoms with van der Waals surface area (Å²) in [5, 5.41) is 3.90. The van der Waals surface area contributed by atoms with Crippen LogP contribution in [-0.2, 0) is 13.6 Å². The monoisotopic (exact) mass is 331 g/mol. The van der Waals surface area contributed by atoms with E-state index in [0.29, 0.717) is 6.54 Å². The van der Waals surface area contributed by atoms with Gasteiger partial charge in [-0.1, -0.05) is 0 Å². The summed E-state index contributed by atoms with van der Waals surface area (Å²) < 4.78 is 2.42. The van der Waals surface area contributed by atoms with E-state index in [-0.39, 0.29) is 11.2 Å². The van der Waals surface area contributed by atoms with Crippen LogP contribution in [0.2, 0.25) is 0 Å². The van der Waals surface area contributed by atoms with Gasteiger partial charge in [0.15, 0.2) is 0 Å². The van der Waals surface area contributed by atoms with Gasteiger partial charge in [0.25, 0.3) is 5.56 Å². The molecule has 0 aliphatic carbocycles. The molecule has 0 saturated carbocycles. The Hall–Kier alpha value is -2.55. The van der Waals surface area contributed by atoms with E-state index in [2.05, 4.69) is 24.9 Å². The van der Waals surface area contributed by atoms with Crippen LogP contribution in [0.5, 0.6) is 0 Å². The summed E-state index contributed by atoms with van der Waals surface area (Å²) in [6, 6.07) is 1.81. The second-order valence-electron chi connectivity index (χ2n) is 5.78. The lowest BCUT2D eigenvalue weighted by atomic mass is 10.3. The Labute approximate surface area is 139 Å². The molecule has 3 rings (SSSR count). The summed E-state index contributed by atoms with van der Waals surface area (Å²) >= 11 is 0. The van der Waals surface area contributed by atoms with E-state index in [0.717, 1.165) is 49.7 Å². The molecular weight excluding hydrogens is 310 g/mol. The fraction of sp³-hybridized carbons (Fsp3) is 0.533. The molecule has 0 spiro atoms. The molecule has 9 nitrogen and oxygen atoms in total. The fourth-order valence-electron chi connectivity index (χ4n) is 2.75. The maximum Gasteiger partial charge on any atom is 0.347 e. The van der Waals surface area contributed by atoms with Gasteiger partial charge in [-0.2, -0.15) is 5.10 Å². The summed E-state index contributed by atoms with van der Waals surface area (Å²) in [6.07, 6.45) is 5.51. The van der Waals surface area contributed by atoms with Crippen molar-refractivity contribution in [3.8, 4) is 0 Å². The zero-order valence-corrected chi connectivity index (χ0v) is 13.7. The van der Waals surface area contributed by atoms with Gasteiger partial charge in [0.05, 0.1) is 0 Å². The molecule has 24 heavy (non-hydrogen) atoms. The summed E-state index contributed by atoms with van der Waals surface area (Å²) in [4.78, 5) is 36.3. The molecule has 0 radical (unpaired) electrons. The Balaban J connectivity index is 1.47. The lowest BCUT2D eigenvalue weighted by Crippen LogP contribution is -2.47. The average Bonchev–Trinajstić information content (AvgIpc) is 2.63. The number of rotatable bonds is 5. The van der Waals surface area contributed by atoms with Crippen molar-refractivity contribution >= 4 is 5.95 Å². The molecular formula is C15H21N7O2. The standard InChI is InChI=1S/C15H21N7O2/c1-19-13(23)12-18-22(15(19)24)7-3-6-20-8-10-21(11-9-20)14-16-4-2-5-17-14/h2,4-5,12H,3,6-11H2,1H3. The van der Waals surface area contributed by atoms with Crippen LogP contribution >= 0.6 is 0 Å². The van der Waals surface area contributed by atoms with Crippen LogP contribution in [0.1, 0.15) is 6.42 Å². The normalized spacial score (nSPS) is 15.6. The molecule has 0 bridgehead atoms. The van der Waals surface area contributed by atoms with Gasteiger partial charge < -0.3 is 4.90 Å². The van der Waals surface area contributed by atoms with Crippen molar-refractivity contribution in [2.45, 2.75) is 13.0 Å². The predicted octanol–water partition coefficient (Wildman–Crippen LogP) is -1.06. The van der Waals surface area contributed by atoms with Gasteiger partial charge in [0.2, 0.25) is 5.95 Å². The number of nitrogens with zero attached hydrogens (tertiary/aromatic N) is 7. The summed E-state index contributed by atoms with van der Waals surface area (Å²) in [6.45, 7) is 5.06. The van der Waals surface area contributed by atoms with E-state index in [1.165, 1.54) is 17.9 Å². The first kappa shape index (κ1) is 16.3. The molecule has 1 fully saturated rings. The SMILES string of the molecule is Cn1c(=O)cnn(CCCN2CCN(c3ncccn3)CC2)c1=O. The molecule has 0 unspecified atom stereocenters. The highest BCUT2D eigenvalue weighted by molar-refractivity contribution is 5.29. The molecule has 0 atom stereocenters.